The topological polar surface area (TPSA) is 92.7 Å². The summed E-state index contributed by atoms with van der Waals surface area (Å²) in [7, 11) is 0. The predicted octanol–water partition coefficient (Wildman–Crippen LogP) is -0.451. The number of carbonyl (C=O) groups excluding carboxylic acids is 2. The van der Waals surface area contributed by atoms with Crippen LogP contribution in [0.4, 0.5) is 0 Å². The average molecular weight is 251 g/mol. The third-order valence-electron chi connectivity index (χ3n) is 4.39. The van der Waals surface area contributed by atoms with Gasteiger partial charge in [0.15, 0.2) is 0 Å². The molecule has 3 aliphatic rings. The predicted molar refractivity (Wildman–Crippen MR) is 58.2 cm³/mol. The molecular formula is C12H13NO5. The number of nitrogens with one attached hydrogen (secondary N) is 1. The van der Waals surface area contributed by atoms with Gasteiger partial charge in [0.25, 0.3) is 0 Å². The number of amides is 1. The SMILES string of the molecule is C=CC(=O)NC1C2CC3C1OC(=O)C3C2C(=O)O. The minimum absolute atomic E-state index is 0.0706. The summed E-state index contributed by atoms with van der Waals surface area (Å²) in [5.74, 6) is -3.35. The van der Waals surface area contributed by atoms with E-state index in [9.17, 15) is 19.5 Å². The van der Waals surface area contributed by atoms with Crippen LogP contribution in [-0.4, -0.2) is 35.1 Å². The van der Waals surface area contributed by atoms with Gasteiger partial charge in [-0.1, -0.05) is 6.58 Å². The van der Waals surface area contributed by atoms with Gasteiger partial charge >= 0.3 is 11.9 Å². The first-order chi connectivity index (χ1) is 8.54. The number of ether oxygens (including phenoxy) is 1. The van der Waals surface area contributed by atoms with Gasteiger partial charge in [-0.25, -0.2) is 0 Å². The van der Waals surface area contributed by atoms with Crippen LogP contribution in [0, 0.1) is 23.7 Å². The first-order valence-corrected chi connectivity index (χ1v) is 5.91. The van der Waals surface area contributed by atoms with Gasteiger partial charge < -0.3 is 15.2 Å². The molecule has 96 valence electrons. The Balaban J connectivity index is 1.91. The molecule has 2 saturated carbocycles. The molecule has 18 heavy (non-hydrogen) atoms. The fourth-order valence-corrected chi connectivity index (χ4v) is 3.80. The molecule has 2 bridgehead atoms. The summed E-state index contributed by atoms with van der Waals surface area (Å²) in [6, 6.07) is -0.399. The Morgan fingerprint density at radius 1 is 1.44 bits per heavy atom. The number of hydrogen-bond acceptors (Lipinski definition) is 4. The van der Waals surface area contributed by atoms with Gasteiger partial charge in [0.2, 0.25) is 5.91 Å². The van der Waals surface area contributed by atoms with Crippen LogP contribution in [-0.2, 0) is 19.1 Å². The van der Waals surface area contributed by atoms with E-state index in [0.717, 1.165) is 6.08 Å². The molecule has 6 nitrogen and oxygen atoms in total. The third kappa shape index (κ3) is 1.26. The lowest BCUT2D eigenvalue weighted by Crippen LogP contribution is -2.50. The summed E-state index contributed by atoms with van der Waals surface area (Å²) in [4.78, 5) is 34.3. The van der Waals surface area contributed by atoms with Crippen LogP contribution in [0.15, 0.2) is 12.7 Å². The molecule has 2 aliphatic carbocycles. The Morgan fingerprint density at radius 3 is 2.78 bits per heavy atom. The minimum atomic E-state index is -0.984. The molecule has 1 saturated heterocycles. The standard InChI is InChI=1S/C12H13NO5/c1-2-6(14)13-9-4-3-5-8(7(4)11(15)16)12(17)18-10(5)9/h2,4-5,7-10H,1,3H2,(H,13,14)(H,15,16). The van der Waals surface area contributed by atoms with E-state index in [0.29, 0.717) is 6.42 Å². The Hall–Kier alpha value is -1.85. The number of aliphatic carboxylic acids is 1. The van der Waals surface area contributed by atoms with E-state index in [1.807, 2.05) is 0 Å². The highest BCUT2D eigenvalue weighted by Gasteiger charge is 2.68. The molecular weight excluding hydrogens is 238 g/mol. The maximum absolute atomic E-state index is 11.7. The van der Waals surface area contributed by atoms with E-state index < -0.39 is 29.8 Å². The zero-order valence-corrected chi connectivity index (χ0v) is 9.54. The van der Waals surface area contributed by atoms with E-state index in [1.54, 1.807) is 0 Å². The zero-order chi connectivity index (χ0) is 13.0. The number of fused-ring (bicyclic) bond motifs is 1. The second kappa shape index (κ2) is 3.57. The van der Waals surface area contributed by atoms with Crippen molar-refractivity contribution in [1.29, 1.82) is 0 Å². The second-order valence-electron chi connectivity index (χ2n) is 5.09. The fourth-order valence-electron chi connectivity index (χ4n) is 3.80. The van der Waals surface area contributed by atoms with Crippen LogP contribution in [0.25, 0.3) is 0 Å². The monoisotopic (exact) mass is 251 g/mol. The molecule has 0 spiro atoms. The first-order valence-electron chi connectivity index (χ1n) is 5.91. The van der Waals surface area contributed by atoms with Crippen molar-refractivity contribution in [2.24, 2.45) is 23.7 Å². The van der Waals surface area contributed by atoms with Crippen molar-refractivity contribution in [2.75, 3.05) is 0 Å². The molecule has 2 N–H and O–H groups in total. The quantitative estimate of drug-likeness (QED) is 0.523. The van der Waals surface area contributed by atoms with Crippen molar-refractivity contribution >= 4 is 17.8 Å². The molecule has 3 rings (SSSR count). The highest BCUT2D eigenvalue weighted by Crippen LogP contribution is 2.57. The van der Waals surface area contributed by atoms with Gasteiger partial charge in [-0.15, -0.1) is 0 Å². The Labute approximate surface area is 103 Å². The number of esters is 1. The molecule has 6 unspecified atom stereocenters. The lowest BCUT2D eigenvalue weighted by atomic mass is 9.77. The summed E-state index contributed by atoms with van der Waals surface area (Å²) >= 11 is 0. The molecule has 0 aromatic rings. The van der Waals surface area contributed by atoms with Crippen LogP contribution in [0.1, 0.15) is 6.42 Å². The van der Waals surface area contributed by atoms with E-state index >= 15 is 0 Å². The normalized spacial score (nSPS) is 43.7. The molecule has 0 aromatic carbocycles. The van der Waals surface area contributed by atoms with Crippen molar-refractivity contribution in [3.63, 3.8) is 0 Å². The molecule has 1 aliphatic heterocycles. The molecule has 0 radical (unpaired) electrons. The first kappa shape index (κ1) is 11.3. The molecule has 3 fully saturated rings. The lowest BCUT2D eigenvalue weighted by molar-refractivity contribution is -0.151. The number of carboxylic acids is 1. The van der Waals surface area contributed by atoms with Crippen LogP contribution in [0.3, 0.4) is 0 Å². The van der Waals surface area contributed by atoms with E-state index in [1.165, 1.54) is 0 Å². The molecule has 0 aromatic heterocycles. The van der Waals surface area contributed by atoms with Crippen molar-refractivity contribution in [3.05, 3.63) is 12.7 Å². The Kier molecular flexibility index (Phi) is 2.23. The zero-order valence-electron chi connectivity index (χ0n) is 9.54. The van der Waals surface area contributed by atoms with E-state index in [-0.39, 0.29) is 23.8 Å². The summed E-state index contributed by atoms with van der Waals surface area (Å²) in [6.07, 6.45) is 1.39. The summed E-state index contributed by atoms with van der Waals surface area (Å²) < 4.78 is 5.23. The summed E-state index contributed by atoms with van der Waals surface area (Å²) in [6.45, 7) is 3.36. The number of carbonyl (C=O) groups is 3. The maximum Gasteiger partial charge on any atom is 0.310 e. The van der Waals surface area contributed by atoms with Crippen molar-refractivity contribution in [1.82, 2.24) is 5.32 Å². The highest BCUT2D eigenvalue weighted by atomic mass is 16.6. The average Bonchev–Trinajstić information content (AvgIpc) is 2.91. The number of rotatable bonds is 3. The molecule has 6 atom stereocenters. The van der Waals surface area contributed by atoms with Crippen molar-refractivity contribution in [3.8, 4) is 0 Å². The Morgan fingerprint density at radius 2 is 2.17 bits per heavy atom. The van der Waals surface area contributed by atoms with E-state index in [2.05, 4.69) is 11.9 Å². The van der Waals surface area contributed by atoms with Crippen molar-refractivity contribution < 1.29 is 24.2 Å². The fraction of sp³-hybridized carbons (Fsp3) is 0.583. The molecule has 6 heteroatoms. The number of hydrogen-bond donors (Lipinski definition) is 2. The minimum Gasteiger partial charge on any atom is -0.481 e. The van der Waals surface area contributed by atoms with E-state index in [4.69, 9.17) is 4.74 Å². The summed E-state index contributed by atoms with van der Waals surface area (Å²) in [5, 5.41) is 11.9. The summed E-state index contributed by atoms with van der Waals surface area (Å²) in [5.41, 5.74) is 0. The van der Waals surface area contributed by atoms with Gasteiger partial charge in [-0.05, 0) is 18.4 Å². The van der Waals surface area contributed by atoms with Crippen LogP contribution < -0.4 is 5.32 Å². The second-order valence-corrected chi connectivity index (χ2v) is 5.09. The van der Waals surface area contributed by atoms with Crippen molar-refractivity contribution in [2.45, 2.75) is 18.6 Å². The van der Waals surface area contributed by atoms with Crippen LogP contribution in [0.5, 0.6) is 0 Å². The van der Waals surface area contributed by atoms with Gasteiger partial charge in [0.1, 0.15) is 6.10 Å². The van der Waals surface area contributed by atoms with Gasteiger partial charge in [-0.2, -0.15) is 0 Å². The van der Waals surface area contributed by atoms with Crippen LogP contribution in [0.2, 0.25) is 0 Å². The highest BCUT2D eigenvalue weighted by molar-refractivity contribution is 5.89. The molecule has 1 amide bonds. The Bertz CT molecular complexity index is 459. The van der Waals surface area contributed by atoms with Gasteiger partial charge in [-0.3, -0.25) is 14.4 Å². The largest absolute Gasteiger partial charge is 0.481 e. The molecule has 1 heterocycles. The lowest BCUT2D eigenvalue weighted by Gasteiger charge is -2.29. The van der Waals surface area contributed by atoms with Crippen LogP contribution >= 0.6 is 0 Å². The third-order valence-corrected chi connectivity index (χ3v) is 4.39. The number of carboxylic acid groups (broad SMARTS) is 1. The van der Waals surface area contributed by atoms with Gasteiger partial charge in [0.05, 0.1) is 17.9 Å². The smallest absolute Gasteiger partial charge is 0.310 e. The van der Waals surface area contributed by atoms with Gasteiger partial charge in [0, 0.05) is 5.92 Å². The maximum atomic E-state index is 11.7.